The Balaban J connectivity index is 3.20. The van der Waals surface area contributed by atoms with E-state index in [9.17, 15) is 5.11 Å². The van der Waals surface area contributed by atoms with E-state index >= 15 is 0 Å². The largest absolute Gasteiger partial charge is 0.508 e. The molecule has 0 spiro atoms. The van der Waals surface area contributed by atoms with Crippen LogP contribution >= 0.6 is 0 Å². The molecule has 0 unspecified atom stereocenters. The molecule has 0 aliphatic rings. The lowest BCUT2D eigenvalue weighted by atomic mass is 10.00. The quantitative estimate of drug-likeness (QED) is 0.708. The molecule has 0 bridgehead atoms. The van der Waals surface area contributed by atoms with Crippen LogP contribution in [0.25, 0.3) is 5.57 Å². The standard InChI is InChI=1S/C11H14O/c1-4-9-7-10(12)5-6-11(9)8(2)3/h5-7,12H,2,4H2,1,3H3. The Kier molecular flexibility index (Phi) is 2.54. The fourth-order valence-electron chi connectivity index (χ4n) is 1.29. The van der Waals surface area contributed by atoms with Gasteiger partial charge in [0.2, 0.25) is 0 Å². The zero-order valence-electron chi connectivity index (χ0n) is 7.59. The molecule has 0 saturated carbocycles. The second kappa shape index (κ2) is 3.44. The van der Waals surface area contributed by atoms with Crippen molar-refractivity contribution in [1.29, 1.82) is 0 Å². The molecule has 0 heterocycles. The smallest absolute Gasteiger partial charge is 0.115 e. The van der Waals surface area contributed by atoms with Gasteiger partial charge >= 0.3 is 0 Å². The highest BCUT2D eigenvalue weighted by Crippen LogP contribution is 2.22. The van der Waals surface area contributed by atoms with Crippen molar-refractivity contribution in [2.45, 2.75) is 20.3 Å². The molecule has 1 N–H and O–H groups in total. The number of rotatable bonds is 2. The average molecular weight is 162 g/mol. The molecule has 64 valence electrons. The molecule has 1 rings (SSSR count). The minimum absolute atomic E-state index is 0.330. The second-order valence-corrected chi connectivity index (χ2v) is 2.98. The van der Waals surface area contributed by atoms with Crippen LogP contribution in [0.5, 0.6) is 5.75 Å². The monoisotopic (exact) mass is 162 g/mol. The third-order valence-corrected chi connectivity index (χ3v) is 1.93. The molecule has 0 aliphatic heterocycles. The van der Waals surface area contributed by atoms with Crippen molar-refractivity contribution < 1.29 is 5.11 Å². The second-order valence-electron chi connectivity index (χ2n) is 2.98. The van der Waals surface area contributed by atoms with E-state index in [4.69, 9.17) is 0 Å². The van der Waals surface area contributed by atoms with E-state index in [0.717, 1.165) is 23.1 Å². The summed E-state index contributed by atoms with van der Waals surface area (Å²) in [6, 6.07) is 5.41. The molecule has 12 heavy (non-hydrogen) atoms. The number of phenolic OH excluding ortho intramolecular Hbond substituents is 1. The summed E-state index contributed by atoms with van der Waals surface area (Å²) in [5, 5.41) is 9.22. The van der Waals surface area contributed by atoms with Crippen molar-refractivity contribution in [3.8, 4) is 5.75 Å². The van der Waals surface area contributed by atoms with Gasteiger partial charge in [-0.05, 0) is 36.6 Å². The van der Waals surface area contributed by atoms with Crippen LogP contribution in [0.2, 0.25) is 0 Å². The van der Waals surface area contributed by atoms with Gasteiger partial charge in [-0.15, -0.1) is 0 Å². The van der Waals surface area contributed by atoms with Crippen LogP contribution in [0, 0.1) is 0 Å². The van der Waals surface area contributed by atoms with E-state index in [-0.39, 0.29) is 0 Å². The number of benzene rings is 1. The first-order valence-electron chi connectivity index (χ1n) is 4.13. The Bertz CT molecular complexity index is 300. The number of aryl methyl sites for hydroxylation is 1. The Morgan fingerprint density at radius 2 is 2.17 bits per heavy atom. The summed E-state index contributed by atoms with van der Waals surface area (Å²) in [5.41, 5.74) is 3.35. The van der Waals surface area contributed by atoms with Gasteiger partial charge in [0, 0.05) is 0 Å². The van der Waals surface area contributed by atoms with Gasteiger partial charge in [0.25, 0.3) is 0 Å². The van der Waals surface area contributed by atoms with Crippen LogP contribution in [0.1, 0.15) is 25.0 Å². The fourth-order valence-corrected chi connectivity index (χ4v) is 1.29. The maximum Gasteiger partial charge on any atom is 0.115 e. The Hall–Kier alpha value is -1.24. The van der Waals surface area contributed by atoms with Gasteiger partial charge < -0.3 is 5.11 Å². The summed E-state index contributed by atoms with van der Waals surface area (Å²) in [4.78, 5) is 0. The number of aromatic hydroxyl groups is 1. The number of hydrogen-bond acceptors (Lipinski definition) is 1. The number of phenols is 1. The van der Waals surface area contributed by atoms with E-state index in [2.05, 4.69) is 13.5 Å². The predicted molar refractivity (Wildman–Crippen MR) is 52.2 cm³/mol. The van der Waals surface area contributed by atoms with Gasteiger partial charge in [-0.3, -0.25) is 0 Å². The lowest BCUT2D eigenvalue weighted by Gasteiger charge is -2.06. The van der Waals surface area contributed by atoms with Crippen molar-refractivity contribution in [1.82, 2.24) is 0 Å². The minimum atomic E-state index is 0.330. The maximum absolute atomic E-state index is 9.22. The van der Waals surface area contributed by atoms with Gasteiger partial charge in [-0.1, -0.05) is 25.1 Å². The normalized spacial score (nSPS) is 9.83. The predicted octanol–water partition coefficient (Wildman–Crippen LogP) is 2.99. The van der Waals surface area contributed by atoms with E-state index in [1.807, 2.05) is 13.0 Å². The SMILES string of the molecule is C=C(C)c1ccc(O)cc1CC. The molecule has 1 heteroatoms. The molecule has 1 aromatic carbocycles. The highest BCUT2D eigenvalue weighted by atomic mass is 16.3. The zero-order valence-corrected chi connectivity index (χ0v) is 7.59. The van der Waals surface area contributed by atoms with Crippen LogP contribution in [0.15, 0.2) is 24.8 Å². The summed E-state index contributed by atoms with van der Waals surface area (Å²) in [6.45, 7) is 7.93. The van der Waals surface area contributed by atoms with E-state index in [1.54, 1.807) is 12.1 Å². The third-order valence-electron chi connectivity index (χ3n) is 1.93. The summed E-state index contributed by atoms with van der Waals surface area (Å²) in [6.07, 6.45) is 0.927. The average Bonchev–Trinajstić information content (AvgIpc) is 2.03. The van der Waals surface area contributed by atoms with Crippen molar-refractivity contribution in [2.75, 3.05) is 0 Å². The Labute approximate surface area is 73.4 Å². The summed E-state index contributed by atoms with van der Waals surface area (Å²) >= 11 is 0. The van der Waals surface area contributed by atoms with Crippen molar-refractivity contribution in [3.05, 3.63) is 35.9 Å². The lowest BCUT2D eigenvalue weighted by Crippen LogP contribution is -1.88. The molecule has 0 aromatic heterocycles. The molecule has 0 aliphatic carbocycles. The van der Waals surface area contributed by atoms with E-state index in [1.165, 1.54) is 0 Å². The van der Waals surface area contributed by atoms with Crippen LogP contribution in [-0.2, 0) is 6.42 Å². The van der Waals surface area contributed by atoms with Gasteiger partial charge in [0.1, 0.15) is 5.75 Å². The molecule has 1 aromatic rings. The summed E-state index contributed by atoms with van der Waals surface area (Å²) < 4.78 is 0. The summed E-state index contributed by atoms with van der Waals surface area (Å²) in [5.74, 6) is 0.330. The van der Waals surface area contributed by atoms with Crippen molar-refractivity contribution in [2.24, 2.45) is 0 Å². The van der Waals surface area contributed by atoms with Gasteiger partial charge in [-0.2, -0.15) is 0 Å². The first kappa shape index (κ1) is 8.85. The molecule has 0 atom stereocenters. The molecule has 0 amide bonds. The Morgan fingerprint density at radius 1 is 1.50 bits per heavy atom. The maximum atomic E-state index is 9.22. The van der Waals surface area contributed by atoms with Gasteiger partial charge in [0.05, 0.1) is 0 Å². The van der Waals surface area contributed by atoms with E-state index < -0.39 is 0 Å². The number of allylic oxidation sites excluding steroid dienone is 1. The topological polar surface area (TPSA) is 20.2 Å². The van der Waals surface area contributed by atoms with Gasteiger partial charge in [-0.25, -0.2) is 0 Å². The molecule has 1 nitrogen and oxygen atoms in total. The van der Waals surface area contributed by atoms with Crippen LogP contribution in [0.3, 0.4) is 0 Å². The molecule has 0 saturated heterocycles. The molecular weight excluding hydrogens is 148 g/mol. The molecule has 0 fully saturated rings. The lowest BCUT2D eigenvalue weighted by molar-refractivity contribution is 0.474. The number of hydrogen-bond donors (Lipinski definition) is 1. The zero-order chi connectivity index (χ0) is 9.14. The first-order valence-corrected chi connectivity index (χ1v) is 4.13. The highest BCUT2D eigenvalue weighted by molar-refractivity contribution is 5.65. The minimum Gasteiger partial charge on any atom is -0.508 e. The van der Waals surface area contributed by atoms with Crippen molar-refractivity contribution >= 4 is 5.57 Å². The van der Waals surface area contributed by atoms with Gasteiger partial charge in [0.15, 0.2) is 0 Å². The molecular formula is C11H14O. The van der Waals surface area contributed by atoms with Crippen LogP contribution in [0.4, 0.5) is 0 Å². The third kappa shape index (κ3) is 1.67. The first-order chi connectivity index (χ1) is 5.65. The highest BCUT2D eigenvalue weighted by Gasteiger charge is 2.01. The fraction of sp³-hybridized carbons (Fsp3) is 0.273. The summed E-state index contributed by atoms with van der Waals surface area (Å²) in [7, 11) is 0. The Morgan fingerprint density at radius 3 is 2.67 bits per heavy atom. The van der Waals surface area contributed by atoms with Crippen LogP contribution in [-0.4, -0.2) is 5.11 Å². The molecule has 0 radical (unpaired) electrons. The van der Waals surface area contributed by atoms with Crippen LogP contribution < -0.4 is 0 Å². The van der Waals surface area contributed by atoms with E-state index in [0.29, 0.717) is 5.75 Å². The van der Waals surface area contributed by atoms with Crippen molar-refractivity contribution in [3.63, 3.8) is 0 Å².